The number of benzene rings is 3. The van der Waals surface area contributed by atoms with Crippen molar-refractivity contribution in [2.75, 3.05) is 18.4 Å². The summed E-state index contributed by atoms with van der Waals surface area (Å²) < 4.78 is 26.2. The molecular weight excluding hydrogens is 440 g/mol. The summed E-state index contributed by atoms with van der Waals surface area (Å²) >= 11 is 0. The van der Waals surface area contributed by atoms with Crippen molar-refractivity contribution >= 4 is 33.1 Å². The van der Waals surface area contributed by atoms with Crippen molar-refractivity contribution < 1.29 is 22.8 Å². The van der Waals surface area contributed by atoms with Crippen LogP contribution in [0.25, 0.3) is 0 Å². The minimum Gasteiger partial charge on any atom is -0.339 e. The van der Waals surface area contributed by atoms with E-state index in [-0.39, 0.29) is 32.4 Å². The monoisotopic (exact) mass is 460 g/mol. The van der Waals surface area contributed by atoms with Gasteiger partial charge in [0.2, 0.25) is 9.84 Å². The van der Waals surface area contributed by atoms with Gasteiger partial charge < -0.3 is 10.2 Å². The third-order valence-electron chi connectivity index (χ3n) is 5.96. The maximum absolute atomic E-state index is 13.1. The minimum atomic E-state index is -3.94. The first kappa shape index (κ1) is 21.1. The average Bonchev–Trinajstić information content (AvgIpc) is 3.37. The number of carbonyl (C=O) groups excluding carboxylic acids is 3. The maximum atomic E-state index is 13.1. The van der Waals surface area contributed by atoms with Crippen LogP contribution in [0.5, 0.6) is 0 Å². The highest BCUT2D eigenvalue weighted by Crippen LogP contribution is 2.34. The molecule has 0 unspecified atom stereocenters. The molecule has 1 N–H and O–H groups in total. The average molecular weight is 461 g/mol. The molecule has 3 aromatic carbocycles. The standard InChI is InChI=1S/C25H20N2O5S/c28-23-19-8-1-2-9-21(19)33(31,32)22-15-16(10-11-20(22)23)24(29)26-18-7-5-6-17(14-18)25(30)27-12-3-4-13-27/h1-2,5-11,14-15H,3-4,12-13H2,(H,26,29). The number of carbonyl (C=O) groups is 3. The molecule has 166 valence electrons. The van der Waals surface area contributed by atoms with E-state index in [1.165, 1.54) is 30.3 Å². The molecule has 0 aromatic heterocycles. The van der Waals surface area contributed by atoms with E-state index < -0.39 is 21.5 Å². The third kappa shape index (κ3) is 3.62. The van der Waals surface area contributed by atoms with Crippen LogP contribution < -0.4 is 5.32 Å². The molecular formula is C25H20N2O5S. The predicted molar refractivity (Wildman–Crippen MR) is 121 cm³/mol. The van der Waals surface area contributed by atoms with Crippen LogP contribution in [-0.2, 0) is 9.84 Å². The second kappa shape index (κ2) is 7.97. The number of hydrogen-bond acceptors (Lipinski definition) is 5. The van der Waals surface area contributed by atoms with E-state index in [1.807, 2.05) is 0 Å². The first-order chi connectivity index (χ1) is 15.9. The molecule has 33 heavy (non-hydrogen) atoms. The molecule has 0 bridgehead atoms. The summed E-state index contributed by atoms with van der Waals surface area (Å²) in [7, 11) is -3.94. The molecule has 2 aliphatic heterocycles. The zero-order valence-corrected chi connectivity index (χ0v) is 18.4. The lowest BCUT2D eigenvalue weighted by molar-refractivity contribution is 0.0792. The van der Waals surface area contributed by atoms with Crippen molar-refractivity contribution in [2.24, 2.45) is 0 Å². The molecule has 2 heterocycles. The van der Waals surface area contributed by atoms with E-state index in [2.05, 4.69) is 5.32 Å². The number of amides is 2. The minimum absolute atomic E-state index is 0.0449. The number of nitrogens with zero attached hydrogens (tertiary/aromatic N) is 1. The van der Waals surface area contributed by atoms with Gasteiger partial charge in [0.05, 0.1) is 9.79 Å². The largest absolute Gasteiger partial charge is 0.339 e. The van der Waals surface area contributed by atoms with Gasteiger partial charge in [-0.3, -0.25) is 14.4 Å². The van der Waals surface area contributed by atoms with Crippen LogP contribution in [-0.4, -0.2) is 44.0 Å². The summed E-state index contributed by atoms with van der Waals surface area (Å²) in [6, 6.07) is 16.7. The summed E-state index contributed by atoms with van der Waals surface area (Å²) in [6.07, 6.45) is 1.97. The molecule has 2 aliphatic rings. The third-order valence-corrected chi connectivity index (χ3v) is 7.81. The van der Waals surface area contributed by atoms with Gasteiger partial charge in [0.15, 0.2) is 5.78 Å². The molecule has 0 atom stereocenters. The summed E-state index contributed by atoms with van der Waals surface area (Å²) in [6.45, 7) is 1.45. The molecule has 8 heteroatoms. The Kier molecular flexibility index (Phi) is 5.09. The molecule has 5 rings (SSSR count). The van der Waals surface area contributed by atoms with Gasteiger partial charge in [-0.1, -0.05) is 18.2 Å². The van der Waals surface area contributed by atoms with Crippen LogP contribution in [0.15, 0.2) is 76.5 Å². The van der Waals surface area contributed by atoms with E-state index >= 15 is 0 Å². The van der Waals surface area contributed by atoms with Crippen molar-refractivity contribution in [3.63, 3.8) is 0 Å². The Hall–Kier alpha value is -3.78. The Labute approximate surface area is 191 Å². The van der Waals surface area contributed by atoms with Gasteiger partial charge in [-0.15, -0.1) is 0 Å². The predicted octanol–water partition coefficient (Wildman–Crippen LogP) is 3.55. The van der Waals surface area contributed by atoms with Crippen molar-refractivity contribution in [1.82, 2.24) is 4.90 Å². The second-order valence-corrected chi connectivity index (χ2v) is 9.96. The van der Waals surface area contributed by atoms with E-state index in [0.717, 1.165) is 25.9 Å². The number of rotatable bonds is 3. The maximum Gasteiger partial charge on any atom is 0.255 e. The number of fused-ring (bicyclic) bond motifs is 2. The fraction of sp³-hybridized carbons (Fsp3) is 0.160. The lowest BCUT2D eigenvalue weighted by atomic mass is 10.0. The second-order valence-electron chi connectivity index (χ2n) is 8.07. The Balaban J connectivity index is 1.43. The first-order valence-electron chi connectivity index (χ1n) is 10.6. The van der Waals surface area contributed by atoms with Gasteiger partial charge in [0.1, 0.15) is 0 Å². The first-order valence-corrected chi connectivity index (χ1v) is 12.1. The van der Waals surface area contributed by atoms with E-state index in [1.54, 1.807) is 41.3 Å². The summed E-state index contributed by atoms with van der Waals surface area (Å²) in [4.78, 5) is 39.8. The lowest BCUT2D eigenvalue weighted by Crippen LogP contribution is -2.27. The van der Waals surface area contributed by atoms with Gasteiger partial charge in [-0.2, -0.15) is 0 Å². The summed E-state index contributed by atoms with van der Waals surface area (Å²) in [5, 5.41) is 2.72. The zero-order chi connectivity index (χ0) is 23.2. The van der Waals surface area contributed by atoms with Crippen LogP contribution in [0, 0.1) is 0 Å². The quantitative estimate of drug-likeness (QED) is 0.504. The number of sulfone groups is 1. The molecule has 7 nitrogen and oxygen atoms in total. The van der Waals surface area contributed by atoms with Crippen LogP contribution in [0.2, 0.25) is 0 Å². The Morgan fingerprint density at radius 3 is 2.30 bits per heavy atom. The van der Waals surface area contributed by atoms with Crippen molar-refractivity contribution in [1.29, 1.82) is 0 Å². The van der Waals surface area contributed by atoms with Crippen molar-refractivity contribution in [3.05, 3.63) is 89.0 Å². The van der Waals surface area contributed by atoms with Gasteiger partial charge >= 0.3 is 0 Å². The molecule has 0 spiro atoms. The van der Waals surface area contributed by atoms with Crippen LogP contribution in [0.4, 0.5) is 5.69 Å². The summed E-state index contributed by atoms with van der Waals surface area (Å²) in [5.74, 6) is -1.01. The summed E-state index contributed by atoms with van der Waals surface area (Å²) in [5.41, 5.74) is 1.17. The van der Waals surface area contributed by atoms with Gasteiger partial charge in [-0.25, -0.2) is 8.42 Å². The van der Waals surface area contributed by atoms with Crippen LogP contribution in [0.3, 0.4) is 0 Å². The molecule has 0 saturated carbocycles. The van der Waals surface area contributed by atoms with Gasteiger partial charge in [0.25, 0.3) is 11.8 Å². The topological polar surface area (TPSA) is 101 Å². The van der Waals surface area contributed by atoms with Crippen molar-refractivity contribution in [3.8, 4) is 0 Å². The Bertz CT molecular complexity index is 1420. The van der Waals surface area contributed by atoms with E-state index in [0.29, 0.717) is 11.3 Å². The Morgan fingerprint density at radius 2 is 1.52 bits per heavy atom. The highest BCUT2D eigenvalue weighted by Gasteiger charge is 2.35. The van der Waals surface area contributed by atoms with E-state index in [4.69, 9.17) is 0 Å². The van der Waals surface area contributed by atoms with E-state index in [9.17, 15) is 22.8 Å². The fourth-order valence-corrected chi connectivity index (χ4v) is 5.94. The highest BCUT2D eigenvalue weighted by molar-refractivity contribution is 7.91. The molecule has 2 amide bonds. The lowest BCUT2D eigenvalue weighted by Gasteiger charge is -2.19. The number of nitrogens with one attached hydrogen (secondary N) is 1. The molecule has 0 radical (unpaired) electrons. The molecule has 0 aliphatic carbocycles. The Morgan fingerprint density at radius 1 is 0.788 bits per heavy atom. The highest BCUT2D eigenvalue weighted by atomic mass is 32.2. The fourth-order valence-electron chi connectivity index (χ4n) is 4.26. The van der Waals surface area contributed by atoms with Crippen LogP contribution >= 0.6 is 0 Å². The van der Waals surface area contributed by atoms with Gasteiger partial charge in [0, 0.05) is 41.0 Å². The number of hydrogen-bond donors (Lipinski definition) is 1. The van der Waals surface area contributed by atoms with Crippen molar-refractivity contribution in [2.45, 2.75) is 22.6 Å². The molecule has 3 aromatic rings. The molecule has 1 saturated heterocycles. The zero-order valence-electron chi connectivity index (χ0n) is 17.6. The number of ketones is 1. The number of likely N-dealkylation sites (tertiary alicyclic amines) is 1. The van der Waals surface area contributed by atoms with Gasteiger partial charge in [-0.05, 0) is 61.4 Å². The number of anilines is 1. The van der Waals surface area contributed by atoms with Crippen LogP contribution in [0.1, 0.15) is 49.5 Å². The normalized spacial score (nSPS) is 16.1. The SMILES string of the molecule is O=C(Nc1cccc(C(=O)N2CCCC2)c1)c1ccc2c(c1)S(=O)(=O)c1ccccc1C2=O. The molecule has 1 fully saturated rings. The smallest absolute Gasteiger partial charge is 0.255 e.